The van der Waals surface area contributed by atoms with E-state index in [1.54, 1.807) is 61.2 Å². The molecule has 20 heteroatoms. The molecule has 5 aliphatic rings. The number of hydrogen-bond donors (Lipinski definition) is 0. The maximum atomic E-state index is 9.44. The average molecular weight is 1810 g/mol. The molecule has 5 aliphatic heterocycles. The van der Waals surface area contributed by atoms with E-state index in [-0.39, 0.29) is 0 Å². The SMILES string of the molecule is N#Cc1ccc(-c2cccc(N3c4ccccc4Oc4ccccc43)c2)nc1.N#Cc1cccc(-c2cccc(N3c4ccccc4Oc4ccccc43)c2)n1.N#Cc1cccnc1-c1cccc(N2c3ccccc3Oc3ccccc32)c1.N#Cc1ccnc(-c2cccc(N3c4ccccc4Oc4ccccc43)c2)c1.N#Cc1ncccc1-c1cccc(N2c3ccccc3Oc3ccccc32)c1. The number of para-hydroxylation sites is 20. The second-order valence-corrected chi connectivity index (χ2v) is 32.2. The van der Waals surface area contributed by atoms with Crippen LogP contribution in [0.1, 0.15) is 28.1 Å². The highest BCUT2D eigenvalue weighted by atomic mass is 16.5. The third kappa shape index (κ3) is 17.5. The van der Waals surface area contributed by atoms with Crippen molar-refractivity contribution >= 4 is 85.3 Å². The van der Waals surface area contributed by atoms with Crippen LogP contribution >= 0.6 is 0 Å². The molecule has 10 heterocycles. The van der Waals surface area contributed by atoms with E-state index in [9.17, 15) is 15.8 Å². The fraction of sp³-hybridized carbons (Fsp3) is 0. The van der Waals surface area contributed by atoms with Crippen molar-refractivity contribution < 1.29 is 23.7 Å². The summed E-state index contributed by atoms with van der Waals surface area (Å²) in [7, 11) is 0. The number of aromatic nitrogens is 5. The minimum atomic E-state index is 0.407. The smallest absolute Gasteiger partial charge is 0.151 e. The molecule has 20 aromatic rings. The molecule has 0 radical (unpaired) electrons. The van der Waals surface area contributed by atoms with Crippen LogP contribution in [0.5, 0.6) is 57.5 Å². The quantitative estimate of drug-likeness (QED) is 0.123. The van der Waals surface area contributed by atoms with Gasteiger partial charge in [0, 0.05) is 81.0 Å². The van der Waals surface area contributed by atoms with Gasteiger partial charge in [0.05, 0.1) is 102 Å². The molecule has 15 aromatic carbocycles. The molecule has 0 spiro atoms. The summed E-state index contributed by atoms with van der Waals surface area (Å²) in [5.41, 5.74) is 26.0. The zero-order valence-electron chi connectivity index (χ0n) is 74.6. The number of hydrogen-bond acceptors (Lipinski definition) is 20. The van der Waals surface area contributed by atoms with Gasteiger partial charge in [-0.2, -0.15) is 26.3 Å². The fourth-order valence-electron chi connectivity index (χ4n) is 17.3. The first-order chi connectivity index (χ1) is 69.2. The standard InChI is InChI=1S/5C24H15N3O/c25-16-18-8-6-10-20(26-18)17-7-5-9-19(15-17)27-21-11-1-3-13-23(21)28-24-14-4-2-12-22(24)27;25-16-18-8-6-14-26-24(18)17-7-5-9-19(15-17)27-20-10-1-3-12-22(20)28-23-13-4-2-11-21(23)27;25-16-20-19(9-6-14-26-20)17-7-5-8-18(15-17)27-21-10-1-3-12-23(21)28-24-13-4-2-11-22(24)27;25-15-17-12-13-20(26-16-17)18-6-5-7-19(14-18)27-21-8-1-3-10-23(21)28-24-11-4-2-9-22(24)27;25-16-17-12-13-26-20(14-17)18-6-5-7-19(15-18)27-21-8-1-3-10-23(21)28-24-11-4-2-9-22(24)27/h3*1-15H;1-14,16H;1-15H. The summed E-state index contributed by atoms with van der Waals surface area (Å²) >= 11 is 0. The zero-order chi connectivity index (χ0) is 94.6. The number of pyridine rings is 5. The van der Waals surface area contributed by atoms with Crippen molar-refractivity contribution in [3.63, 3.8) is 0 Å². The van der Waals surface area contributed by atoms with Crippen molar-refractivity contribution in [1.29, 1.82) is 26.3 Å². The molecule has 0 aliphatic carbocycles. The number of benzene rings is 15. The van der Waals surface area contributed by atoms with E-state index in [1.165, 1.54) is 0 Å². The van der Waals surface area contributed by atoms with Gasteiger partial charge in [0.25, 0.3) is 0 Å². The lowest BCUT2D eigenvalue weighted by Gasteiger charge is -2.33. The summed E-state index contributed by atoms with van der Waals surface area (Å²) < 4.78 is 30.4. The lowest BCUT2D eigenvalue weighted by molar-refractivity contribution is 0.477. The molecular weight excluding hydrogens is 1730 g/mol. The van der Waals surface area contributed by atoms with Gasteiger partial charge < -0.3 is 48.2 Å². The van der Waals surface area contributed by atoms with Crippen LogP contribution in [0, 0.1) is 56.7 Å². The second kappa shape index (κ2) is 39.1. The Balaban J connectivity index is 0.000000104. The Labute approximate surface area is 807 Å². The van der Waals surface area contributed by atoms with Crippen LogP contribution in [-0.2, 0) is 0 Å². The van der Waals surface area contributed by atoms with Crippen LogP contribution in [0.15, 0.2) is 455 Å². The monoisotopic (exact) mass is 1810 g/mol. The van der Waals surface area contributed by atoms with Crippen molar-refractivity contribution in [3.05, 3.63) is 484 Å². The first-order valence-electron chi connectivity index (χ1n) is 44.8. The summed E-state index contributed by atoms with van der Waals surface area (Å²) in [5.74, 6) is 8.15. The van der Waals surface area contributed by atoms with Crippen LogP contribution in [0.25, 0.3) is 56.2 Å². The van der Waals surface area contributed by atoms with E-state index in [0.717, 1.165) is 193 Å². The highest BCUT2D eigenvalue weighted by Crippen LogP contribution is 2.57. The average Bonchev–Trinajstić information content (AvgIpc) is 0.773. The highest BCUT2D eigenvalue weighted by Gasteiger charge is 2.32. The Morgan fingerprint density at radius 3 is 0.893 bits per heavy atom. The molecule has 0 bridgehead atoms. The summed E-state index contributed by atoms with van der Waals surface area (Å²) in [6.07, 6.45) is 6.61. The minimum Gasteiger partial charge on any atom is -0.453 e. The Morgan fingerprint density at radius 1 is 0.207 bits per heavy atom. The number of nitriles is 5. The molecule has 0 unspecified atom stereocenters. The van der Waals surface area contributed by atoms with E-state index in [4.69, 9.17) is 34.2 Å². The topological polar surface area (TPSA) is 246 Å². The molecule has 0 amide bonds. The molecule has 0 atom stereocenters. The lowest BCUT2D eigenvalue weighted by atomic mass is 10.0. The molecule has 0 saturated carbocycles. The van der Waals surface area contributed by atoms with Gasteiger partial charge in [0.15, 0.2) is 57.5 Å². The third-order valence-electron chi connectivity index (χ3n) is 23.6. The normalized spacial score (nSPS) is 11.8. The molecule has 0 saturated heterocycles. The van der Waals surface area contributed by atoms with E-state index >= 15 is 0 Å². The lowest BCUT2D eigenvalue weighted by Crippen LogP contribution is -2.15. The number of rotatable bonds is 10. The van der Waals surface area contributed by atoms with Crippen molar-refractivity contribution in [2.75, 3.05) is 24.5 Å². The molecular formula is C120H75N15O5. The first-order valence-corrected chi connectivity index (χ1v) is 44.8. The second-order valence-electron chi connectivity index (χ2n) is 32.2. The van der Waals surface area contributed by atoms with E-state index < -0.39 is 0 Å². The molecule has 5 aromatic heterocycles. The van der Waals surface area contributed by atoms with Crippen LogP contribution in [-0.4, -0.2) is 24.9 Å². The zero-order valence-corrected chi connectivity index (χ0v) is 74.6. The summed E-state index contributed by atoms with van der Waals surface area (Å²) in [6, 6.07) is 151. The molecule has 0 N–H and O–H groups in total. The van der Waals surface area contributed by atoms with E-state index in [0.29, 0.717) is 33.8 Å². The maximum Gasteiger partial charge on any atom is 0.151 e. The predicted molar refractivity (Wildman–Crippen MR) is 546 cm³/mol. The Hall–Kier alpha value is -20.5. The molecule has 0 fully saturated rings. The third-order valence-corrected chi connectivity index (χ3v) is 23.6. The molecule has 660 valence electrons. The van der Waals surface area contributed by atoms with Crippen molar-refractivity contribution in [2.45, 2.75) is 0 Å². The first kappa shape index (κ1) is 86.2. The highest BCUT2D eigenvalue weighted by molar-refractivity contribution is 5.94. The molecule has 20 nitrogen and oxygen atoms in total. The van der Waals surface area contributed by atoms with E-state index in [2.05, 4.69) is 153 Å². The van der Waals surface area contributed by atoms with Gasteiger partial charge >= 0.3 is 0 Å². The van der Waals surface area contributed by atoms with Crippen LogP contribution in [0.3, 0.4) is 0 Å². The van der Waals surface area contributed by atoms with Gasteiger partial charge in [-0.05, 0) is 248 Å². The van der Waals surface area contributed by atoms with Crippen molar-refractivity contribution in [2.24, 2.45) is 0 Å². The Bertz CT molecular complexity index is 7750. The number of nitrogens with zero attached hydrogens (tertiary/aromatic N) is 15. The van der Waals surface area contributed by atoms with Crippen LogP contribution < -0.4 is 48.2 Å². The summed E-state index contributed by atoms with van der Waals surface area (Å²) in [4.78, 5) is 32.8. The predicted octanol–water partition coefficient (Wildman–Crippen LogP) is 31.0. The van der Waals surface area contributed by atoms with Gasteiger partial charge in [0.2, 0.25) is 0 Å². The number of ether oxygens (including phenoxy) is 5. The molecule has 140 heavy (non-hydrogen) atoms. The summed E-state index contributed by atoms with van der Waals surface area (Å²) in [5, 5.41) is 46.2. The Morgan fingerprint density at radius 2 is 0.536 bits per heavy atom. The number of fused-ring (bicyclic) bond motifs is 10. The molecule has 25 rings (SSSR count). The van der Waals surface area contributed by atoms with Crippen LogP contribution in [0.4, 0.5) is 85.3 Å². The van der Waals surface area contributed by atoms with Gasteiger partial charge in [-0.15, -0.1) is 0 Å². The Kier molecular flexibility index (Phi) is 24.1. The largest absolute Gasteiger partial charge is 0.453 e. The number of anilines is 15. The van der Waals surface area contributed by atoms with Crippen LogP contribution in [0.2, 0.25) is 0 Å². The van der Waals surface area contributed by atoms with Gasteiger partial charge in [-0.3, -0.25) is 15.0 Å². The van der Waals surface area contributed by atoms with Gasteiger partial charge in [-0.25, -0.2) is 9.97 Å². The van der Waals surface area contributed by atoms with E-state index in [1.807, 2.05) is 322 Å². The van der Waals surface area contributed by atoms with Gasteiger partial charge in [0.1, 0.15) is 35.7 Å². The van der Waals surface area contributed by atoms with Gasteiger partial charge in [-0.1, -0.05) is 188 Å². The maximum absolute atomic E-state index is 9.44. The fourth-order valence-corrected chi connectivity index (χ4v) is 17.3. The van der Waals surface area contributed by atoms with Crippen molar-refractivity contribution in [3.8, 4) is 144 Å². The van der Waals surface area contributed by atoms with Crippen molar-refractivity contribution in [1.82, 2.24) is 24.9 Å². The summed E-state index contributed by atoms with van der Waals surface area (Å²) in [6.45, 7) is 0. The minimum absolute atomic E-state index is 0.407.